The van der Waals surface area contributed by atoms with Gasteiger partial charge in [0.1, 0.15) is 12.7 Å². The first-order valence-electron chi connectivity index (χ1n) is 8.34. The summed E-state index contributed by atoms with van der Waals surface area (Å²) >= 11 is 0. The minimum atomic E-state index is -1.87. The number of ether oxygens (including phenoxy) is 2. The van der Waals surface area contributed by atoms with Crippen LogP contribution in [-0.2, 0) is 23.9 Å². The number of hydrogen-bond donors (Lipinski definition) is 2. The van der Waals surface area contributed by atoms with E-state index in [0.29, 0.717) is 6.42 Å². The molecule has 1 saturated heterocycles. The van der Waals surface area contributed by atoms with Gasteiger partial charge in [0, 0.05) is 6.42 Å². The van der Waals surface area contributed by atoms with E-state index in [2.05, 4.69) is 11.3 Å². The lowest BCUT2D eigenvalue weighted by molar-refractivity contribution is -0.156. The van der Waals surface area contributed by atoms with Gasteiger partial charge in [-0.2, -0.15) is 0 Å². The Hall–Kier alpha value is -1.73. The summed E-state index contributed by atoms with van der Waals surface area (Å²) in [4.78, 5) is 34.0. The highest BCUT2D eigenvalue weighted by molar-refractivity contribution is 6.09. The summed E-state index contributed by atoms with van der Waals surface area (Å²) in [7, 11) is 0. The Morgan fingerprint density at radius 2 is 1.83 bits per heavy atom. The molecule has 7 heteroatoms. The molecule has 3 atom stereocenters. The third-order valence-electron chi connectivity index (χ3n) is 3.82. The molecule has 1 aliphatic heterocycles. The number of cyclic esters (lactones) is 1. The van der Waals surface area contributed by atoms with Crippen LogP contribution >= 0.6 is 0 Å². The van der Waals surface area contributed by atoms with Gasteiger partial charge in [-0.15, -0.1) is 6.58 Å². The van der Waals surface area contributed by atoms with Crippen molar-refractivity contribution in [2.45, 2.75) is 69.7 Å². The molecule has 1 fully saturated rings. The fourth-order valence-electron chi connectivity index (χ4n) is 2.39. The Morgan fingerprint density at radius 3 is 2.42 bits per heavy atom. The summed E-state index contributed by atoms with van der Waals surface area (Å²) in [6.07, 6.45) is 4.47. The molecule has 7 nitrogen and oxygen atoms in total. The number of Topliss-reactive ketones (excluding diaryl/α,β-unsaturated/α-hetero) is 1. The highest BCUT2D eigenvalue weighted by atomic mass is 16.6. The monoisotopic (exact) mass is 342 g/mol. The van der Waals surface area contributed by atoms with E-state index < -0.39 is 42.6 Å². The number of aliphatic hydroxyl groups is 2. The van der Waals surface area contributed by atoms with Crippen LogP contribution in [0.3, 0.4) is 0 Å². The normalized spacial score (nSPS) is 21.4. The number of carbonyl (C=O) groups excluding carboxylic acids is 3. The summed E-state index contributed by atoms with van der Waals surface area (Å²) in [6.45, 7) is 3.22. The molecule has 1 rings (SSSR count). The summed E-state index contributed by atoms with van der Waals surface area (Å²) in [5.41, 5.74) is 0. The highest BCUT2D eigenvalue weighted by Crippen LogP contribution is 2.15. The fourth-order valence-corrected chi connectivity index (χ4v) is 2.39. The van der Waals surface area contributed by atoms with Gasteiger partial charge in [-0.25, -0.2) is 4.79 Å². The lowest BCUT2D eigenvalue weighted by Crippen LogP contribution is -2.38. The second-order valence-corrected chi connectivity index (χ2v) is 5.86. The number of rotatable bonds is 12. The van der Waals surface area contributed by atoms with Crippen molar-refractivity contribution in [1.82, 2.24) is 0 Å². The van der Waals surface area contributed by atoms with Crippen molar-refractivity contribution in [2.24, 2.45) is 0 Å². The third kappa shape index (κ3) is 6.80. The van der Waals surface area contributed by atoms with Crippen LogP contribution in [0.1, 0.15) is 51.4 Å². The molecule has 0 radical (unpaired) electrons. The summed E-state index contributed by atoms with van der Waals surface area (Å²) < 4.78 is 9.42. The molecule has 0 bridgehead atoms. The van der Waals surface area contributed by atoms with E-state index in [4.69, 9.17) is 9.84 Å². The van der Waals surface area contributed by atoms with Crippen LogP contribution in [0.5, 0.6) is 0 Å². The van der Waals surface area contributed by atoms with Crippen molar-refractivity contribution in [1.29, 1.82) is 0 Å². The molecule has 0 aromatic carbocycles. The van der Waals surface area contributed by atoms with Gasteiger partial charge in [-0.3, -0.25) is 9.59 Å². The van der Waals surface area contributed by atoms with Crippen LogP contribution in [0.15, 0.2) is 12.7 Å². The minimum absolute atomic E-state index is 0.237. The molecule has 136 valence electrons. The second-order valence-electron chi connectivity index (χ2n) is 5.86. The maximum absolute atomic E-state index is 11.6. The molecule has 0 saturated carbocycles. The zero-order valence-corrected chi connectivity index (χ0v) is 13.8. The first-order valence-corrected chi connectivity index (χ1v) is 8.34. The number of aliphatic hydroxyl groups excluding tert-OH is 2. The van der Waals surface area contributed by atoms with Crippen molar-refractivity contribution >= 4 is 17.7 Å². The van der Waals surface area contributed by atoms with Crippen molar-refractivity contribution in [3.05, 3.63) is 12.7 Å². The van der Waals surface area contributed by atoms with Crippen LogP contribution < -0.4 is 0 Å². The number of hydrogen-bond acceptors (Lipinski definition) is 7. The average Bonchev–Trinajstić information content (AvgIpc) is 2.82. The van der Waals surface area contributed by atoms with Gasteiger partial charge in [-0.1, -0.05) is 31.8 Å². The average molecular weight is 342 g/mol. The highest BCUT2D eigenvalue weighted by Gasteiger charge is 2.46. The van der Waals surface area contributed by atoms with Crippen LogP contribution in [0.25, 0.3) is 0 Å². The van der Waals surface area contributed by atoms with Crippen LogP contribution in [0, 0.1) is 0 Å². The topological polar surface area (TPSA) is 110 Å². The second kappa shape index (κ2) is 10.9. The van der Waals surface area contributed by atoms with Crippen molar-refractivity contribution in [3.63, 3.8) is 0 Å². The molecule has 3 unspecified atom stereocenters. The van der Waals surface area contributed by atoms with Gasteiger partial charge in [0.2, 0.25) is 11.9 Å². The number of carbonyl (C=O) groups is 3. The predicted octanol–water partition coefficient (Wildman–Crippen LogP) is 1.05. The molecular formula is C17H26O7. The van der Waals surface area contributed by atoms with E-state index in [9.17, 15) is 19.5 Å². The lowest BCUT2D eigenvalue weighted by Gasteiger charge is -2.15. The molecule has 24 heavy (non-hydrogen) atoms. The van der Waals surface area contributed by atoms with Gasteiger partial charge in [0.15, 0.2) is 6.10 Å². The predicted molar refractivity (Wildman–Crippen MR) is 85.0 cm³/mol. The zero-order chi connectivity index (χ0) is 17.9. The van der Waals surface area contributed by atoms with Gasteiger partial charge in [-0.05, 0) is 19.3 Å². The Bertz CT molecular complexity index is 446. The summed E-state index contributed by atoms with van der Waals surface area (Å²) in [5, 5.41) is 18.9. The van der Waals surface area contributed by atoms with Crippen LogP contribution in [0.4, 0.5) is 0 Å². The maximum atomic E-state index is 11.6. The maximum Gasteiger partial charge on any atom is 0.343 e. The number of unbranched alkanes of at least 4 members (excludes halogenated alkanes) is 6. The van der Waals surface area contributed by atoms with E-state index in [1.54, 1.807) is 0 Å². The third-order valence-corrected chi connectivity index (χ3v) is 3.82. The van der Waals surface area contributed by atoms with Crippen molar-refractivity contribution in [3.8, 4) is 0 Å². The smallest absolute Gasteiger partial charge is 0.343 e. The van der Waals surface area contributed by atoms with Crippen molar-refractivity contribution < 1.29 is 34.1 Å². The molecular weight excluding hydrogens is 316 g/mol. The van der Waals surface area contributed by atoms with Crippen molar-refractivity contribution in [2.75, 3.05) is 6.61 Å². The molecule has 0 aliphatic carbocycles. The summed E-state index contributed by atoms with van der Waals surface area (Å²) in [5.74, 6) is -2.48. The molecule has 0 spiro atoms. The quantitative estimate of drug-likeness (QED) is 0.236. The van der Waals surface area contributed by atoms with Gasteiger partial charge in [0.25, 0.3) is 0 Å². The standard InChI is InChI=1S/C17H26O7/c1-2-3-4-5-6-7-8-9-10-13(19)23-11-12(18)16-14(20)15(21)17(22)24-16/h2,12,15-16,18,21H,1,3-11H2. The van der Waals surface area contributed by atoms with Crippen LogP contribution in [-0.4, -0.2) is 52.9 Å². The Labute approximate surface area is 141 Å². The molecule has 0 aromatic heterocycles. The van der Waals surface area contributed by atoms with Crippen LogP contribution in [0.2, 0.25) is 0 Å². The van der Waals surface area contributed by atoms with E-state index >= 15 is 0 Å². The van der Waals surface area contributed by atoms with E-state index in [1.807, 2.05) is 6.08 Å². The van der Waals surface area contributed by atoms with Gasteiger partial charge in [0.05, 0.1) is 0 Å². The Kier molecular flexibility index (Phi) is 9.26. The minimum Gasteiger partial charge on any atom is -0.463 e. The number of allylic oxidation sites excluding steroid dienone is 1. The van der Waals surface area contributed by atoms with E-state index in [0.717, 1.165) is 38.5 Å². The SMILES string of the molecule is C=CCCCCCCCCC(=O)OCC(O)C1OC(=O)C(O)C1=O. The fraction of sp³-hybridized carbons (Fsp3) is 0.706. The molecule has 2 N–H and O–H groups in total. The first kappa shape index (κ1) is 20.3. The molecule has 1 heterocycles. The van der Waals surface area contributed by atoms with E-state index in [-0.39, 0.29) is 6.42 Å². The number of esters is 2. The largest absolute Gasteiger partial charge is 0.463 e. The summed E-state index contributed by atoms with van der Waals surface area (Å²) in [6, 6.07) is 0. The van der Waals surface area contributed by atoms with E-state index in [1.165, 1.54) is 0 Å². The van der Waals surface area contributed by atoms with Gasteiger partial charge >= 0.3 is 11.9 Å². The first-order chi connectivity index (χ1) is 11.5. The Balaban J connectivity index is 2.08. The molecule has 1 aliphatic rings. The Morgan fingerprint density at radius 1 is 1.21 bits per heavy atom. The zero-order valence-electron chi connectivity index (χ0n) is 13.8. The lowest BCUT2D eigenvalue weighted by atomic mass is 10.1. The molecule has 0 amide bonds. The number of ketones is 1. The molecule has 0 aromatic rings. The van der Waals surface area contributed by atoms with Gasteiger partial charge < -0.3 is 19.7 Å².